The number of hydrogen-bond acceptors (Lipinski definition) is 4. The molecule has 102 valence electrons. The molecule has 2 rings (SSSR count). The molecule has 0 aliphatic heterocycles. The molecule has 0 unspecified atom stereocenters. The van der Waals surface area contributed by atoms with Crippen molar-refractivity contribution in [3.8, 4) is 11.4 Å². The van der Waals surface area contributed by atoms with Crippen LogP contribution in [-0.4, -0.2) is 41.7 Å². The smallest absolute Gasteiger partial charge is 0.195 e. The van der Waals surface area contributed by atoms with Gasteiger partial charge in [-0.1, -0.05) is 30.3 Å². The van der Waals surface area contributed by atoms with E-state index in [1.165, 1.54) is 0 Å². The second-order valence-electron chi connectivity index (χ2n) is 3.98. The summed E-state index contributed by atoms with van der Waals surface area (Å²) in [7, 11) is 1.66. The molecule has 19 heavy (non-hydrogen) atoms. The SMILES string of the molecule is COCCOCCn1c(-c2ccccc2)n[nH]c1=S. The molecule has 0 radical (unpaired) electrons. The number of hydrogen-bond donors (Lipinski definition) is 1. The van der Waals surface area contributed by atoms with Gasteiger partial charge in [0.15, 0.2) is 10.6 Å². The van der Waals surface area contributed by atoms with Crippen molar-refractivity contribution in [2.45, 2.75) is 6.54 Å². The zero-order chi connectivity index (χ0) is 13.5. The predicted molar refractivity (Wildman–Crippen MR) is 75.5 cm³/mol. The van der Waals surface area contributed by atoms with Crippen LogP contribution in [0.15, 0.2) is 30.3 Å². The number of aromatic nitrogens is 3. The monoisotopic (exact) mass is 279 g/mol. The van der Waals surface area contributed by atoms with Gasteiger partial charge in [-0.05, 0) is 12.2 Å². The number of nitrogens with one attached hydrogen (secondary N) is 1. The summed E-state index contributed by atoms with van der Waals surface area (Å²) in [6.45, 7) is 2.44. The van der Waals surface area contributed by atoms with Crippen LogP contribution in [0.2, 0.25) is 0 Å². The molecule has 0 saturated heterocycles. The van der Waals surface area contributed by atoms with Crippen LogP contribution in [0.5, 0.6) is 0 Å². The van der Waals surface area contributed by atoms with Crippen LogP contribution >= 0.6 is 12.2 Å². The molecule has 0 saturated carbocycles. The van der Waals surface area contributed by atoms with E-state index in [-0.39, 0.29) is 0 Å². The van der Waals surface area contributed by atoms with Crippen LogP contribution in [0, 0.1) is 4.77 Å². The largest absolute Gasteiger partial charge is 0.382 e. The van der Waals surface area contributed by atoms with Crippen LogP contribution in [0.25, 0.3) is 11.4 Å². The molecule has 1 aromatic heterocycles. The molecule has 5 nitrogen and oxygen atoms in total. The first-order valence-corrected chi connectivity index (χ1v) is 6.51. The van der Waals surface area contributed by atoms with Crippen molar-refractivity contribution in [1.29, 1.82) is 0 Å². The highest BCUT2D eigenvalue weighted by molar-refractivity contribution is 7.71. The molecular weight excluding hydrogens is 262 g/mol. The average Bonchev–Trinajstić information content (AvgIpc) is 2.81. The highest BCUT2D eigenvalue weighted by atomic mass is 32.1. The van der Waals surface area contributed by atoms with Crippen molar-refractivity contribution in [3.63, 3.8) is 0 Å². The second kappa shape index (κ2) is 7.18. The lowest BCUT2D eigenvalue weighted by Gasteiger charge is -2.07. The third-order valence-electron chi connectivity index (χ3n) is 2.68. The Morgan fingerprint density at radius 1 is 1.21 bits per heavy atom. The second-order valence-corrected chi connectivity index (χ2v) is 4.36. The Bertz CT molecular complexity index is 551. The van der Waals surface area contributed by atoms with Crippen molar-refractivity contribution in [3.05, 3.63) is 35.1 Å². The molecule has 0 aliphatic rings. The zero-order valence-corrected chi connectivity index (χ0v) is 11.7. The topological polar surface area (TPSA) is 52.1 Å². The molecule has 0 aliphatic carbocycles. The number of nitrogens with zero attached hydrogens (tertiary/aromatic N) is 2. The van der Waals surface area contributed by atoms with Gasteiger partial charge in [0.1, 0.15) is 0 Å². The molecule has 0 spiro atoms. The van der Waals surface area contributed by atoms with Gasteiger partial charge in [0.25, 0.3) is 0 Å². The van der Waals surface area contributed by atoms with E-state index in [9.17, 15) is 0 Å². The Morgan fingerprint density at radius 2 is 2.00 bits per heavy atom. The third-order valence-corrected chi connectivity index (χ3v) is 2.99. The van der Waals surface area contributed by atoms with E-state index < -0.39 is 0 Å². The Morgan fingerprint density at radius 3 is 2.74 bits per heavy atom. The Kier molecular flexibility index (Phi) is 5.26. The van der Waals surface area contributed by atoms with E-state index in [0.29, 0.717) is 31.1 Å². The van der Waals surface area contributed by atoms with E-state index >= 15 is 0 Å². The summed E-state index contributed by atoms with van der Waals surface area (Å²) in [6.07, 6.45) is 0. The zero-order valence-electron chi connectivity index (χ0n) is 10.8. The minimum atomic E-state index is 0.580. The van der Waals surface area contributed by atoms with Gasteiger partial charge in [-0.3, -0.25) is 9.67 Å². The molecule has 2 aromatic rings. The van der Waals surface area contributed by atoms with Crippen LogP contribution in [-0.2, 0) is 16.0 Å². The van der Waals surface area contributed by atoms with Gasteiger partial charge >= 0.3 is 0 Å². The summed E-state index contributed by atoms with van der Waals surface area (Å²) in [5, 5.41) is 7.09. The summed E-state index contributed by atoms with van der Waals surface area (Å²) in [6, 6.07) is 9.95. The minimum absolute atomic E-state index is 0.580. The van der Waals surface area contributed by atoms with Crippen molar-refractivity contribution in [2.75, 3.05) is 26.9 Å². The van der Waals surface area contributed by atoms with Crippen molar-refractivity contribution in [2.24, 2.45) is 0 Å². The third kappa shape index (κ3) is 3.73. The first-order valence-electron chi connectivity index (χ1n) is 6.10. The summed E-state index contributed by atoms with van der Waals surface area (Å²) in [5.41, 5.74) is 1.03. The Hall–Kier alpha value is -1.50. The van der Waals surface area contributed by atoms with Crippen LogP contribution < -0.4 is 0 Å². The van der Waals surface area contributed by atoms with Crippen molar-refractivity contribution >= 4 is 12.2 Å². The standard InChI is InChI=1S/C13H17N3O2S/c1-17-9-10-18-8-7-16-12(14-15-13(16)19)11-5-3-2-4-6-11/h2-6H,7-10H2,1H3,(H,15,19). The van der Waals surface area contributed by atoms with Gasteiger partial charge in [-0.2, -0.15) is 5.10 Å². The maximum atomic E-state index is 5.46. The molecule has 0 atom stereocenters. The van der Waals surface area contributed by atoms with Crippen LogP contribution in [0.3, 0.4) is 0 Å². The number of rotatable bonds is 7. The summed E-state index contributed by atoms with van der Waals surface area (Å²) in [5.74, 6) is 0.834. The van der Waals surface area contributed by atoms with E-state index in [1.54, 1.807) is 7.11 Å². The highest BCUT2D eigenvalue weighted by Crippen LogP contribution is 2.16. The number of benzene rings is 1. The number of methoxy groups -OCH3 is 1. The van der Waals surface area contributed by atoms with Crippen LogP contribution in [0.4, 0.5) is 0 Å². The molecular formula is C13H17N3O2S. The van der Waals surface area contributed by atoms with Gasteiger partial charge in [0.2, 0.25) is 0 Å². The lowest BCUT2D eigenvalue weighted by Crippen LogP contribution is -2.10. The van der Waals surface area contributed by atoms with Crippen molar-refractivity contribution in [1.82, 2.24) is 14.8 Å². The maximum absolute atomic E-state index is 5.46. The summed E-state index contributed by atoms with van der Waals surface area (Å²) >= 11 is 5.24. The predicted octanol–water partition coefficient (Wildman–Crippen LogP) is 2.27. The van der Waals surface area contributed by atoms with E-state index in [1.807, 2.05) is 34.9 Å². The minimum Gasteiger partial charge on any atom is -0.382 e. The van der Waals surface area contributed by atoms with E-state index in [4.69, 9.17) is 21.7 Å². The summed E-state index contributed by atoms with van der Waals surface area (Å²) < 4.78 is 12.9. The fraction of sp³-hybridized carbons (Fsp3) is 0.385. The van der Waals surface area contributed by atoms with Gasteiger partial charge in [-0.25, -0.2) is 0 Å². The lowest BCUT2D eigenvalue weighted by molar-refractivity contribution is 0.0666. The van der Waals surface area contributed by atoms with E-state index in [0.717, 1.165) is 11.4 Å². The Balaban J connectivity index is 2.04. The van der Waals surface area contributed by atoms with Gasteiger partial charge in [0.05, 0.1) is 26.4 Å². The van der Waals surface area contributed by atoms with Gasteiger partial charge < -0.3 is 9.47 Å². The number of aromatic amines is 1. The normalized spacial score (nSPS) is 10.8. The highest BCUT2D eigenvalue weighted by Gasteiger charge is 2.07. The van der Waals surface area contributed by atoms with Gasteiger partial charge in [0, 0.05) is 12.7 Å². The fourth-order valence-electron chi connectivity index (χ4n) is 1.73. The quantitative estimate of drug-likeness (QED) is 0.624. The van der Waals surface area contributed by atoms with Gasteiger partial charge in [-0.15, -0.1) is 0 Å². The molecule has 1 heterocycles. The van der Waals surface area contributed by atoms with E-state index in [2.05, 4.69) is 10.2 Å². The molecule has 0 bridgehead atoms. The summed E-state index contributed by atoms with van der Waals surface area (Å²) in [4.78, 5) is 0. The van der Waals surface area contributed by atoms with Crippen molar-refractivity contribution < 1.29 is 9.47 Å². The number of H-pyrrole nitrogens is 1. The molecule has 0 fully saturated rings. The average molecular weight is 279 g/mol. The maximum Gasteiger partial charge on any atom is 0.195 e. The molecule has 1 N–H and O–H groups in total. The first kappa shape index (κ1) is 13.9. The molecule has 6 heteroatoms. The van der Waals surface area contributed by atoms with Crippen LogP contribution in [0.1, 0.15) is 0 Å². The Labute approximate surface area is 117 Å². The first-order chi connectivity index (χ1) is 9.33. The molecule has 0 amide bonds. The molecule has 1 aromatic carbocycles. The lowest BCUT2D eigenvalue weighted by atomic mass is 10.2. The fourth-order valence-corrected chi connectivity index (χ4v) is 1.96. The number of ether oxygens (including phenoxy) is 2.